The number of hydrogen-bond acceptors (Lipinski definition) is 1. The first-order valence-corrected chi connectivity index (χ1v) is 4.68. The summed E-state index contributed by atoms with van der Waals surface area (Å²) in [5, 5.41) is 9.12. The Kier molecular flexibility index (Phi) is 2.58. The number of hydrogen-bond donors (Lipinski definition) is 1. The van der Waals surface area contributed by atoms with Gasteiger partial charge in [0, 0.05) is 6.61 Å². The molecule has 1 fully saturated rings. The minimum atomic E-state index is 0.245. The molecular formula is C10H20O. The summed E-state index contributed by atoms with van der Waals surface area (Å²) < 4.78 is 0. The van der Waals surface area contributed by atoms with Gasteiger partial charge < -0.3 is 5.11 Å². The molecule has 0 aromatic heterocycles. The first-order valence-electron chi connectivity index (χ1n) is 4.68. The minimum absolute atomic E-state index is 0.245. The van der Waals surface area contributed by atoms with Crippen molar-refractivity contribution in [3.63, 3.8) is 0 Å². The van der Waals surface area contributed by atoms with Gasteiger partial charge in [0.2, 0.25) is 0 Å². The number of rotatable bonds is 2. The van der Waals surface area contributed by atoms with E-state index in [9.17, 15) is 0 Å². The van der Waals surface area contributed by atoms with Crippen LogP contribution in [-0.2, 0) is 0 Å². The summed E-state index contributed by atoms with van der Waals surface area (Å²) in [6.45, 7) is 7.15. The molecule has 66 valence electrons. The van der Waals surface area contributed by atoms with Gasteiger partial charge in [0.25, 0.3) is 0 Å². The average molecular weight is 156 g/mol. The molecule has 1 rings (SSSR count). The molecule has 11 heavy (non-hydrogen) atoms. The maximum Gasteiger partial charge on any atom is 0.0484 e. The molecule has 0 amide bonds. The molecule has 0 radical (unpaired) electrons. The zero-order chi connectivity index (χ0) is 8.48. The molecule has 1 N–H and O–H groups in total. The molecular weight excluding hydrogens is 136 g/mol. The van der Waals surface area contributed by atoms with Gasteiger partial charge in [0.1, 0.15) is 0 Å². The van der Waals surface area contributed by atoms with Gasteiger partial charge in [-0.2, -0.15) is 0 Å². The normalized spacial score (nSPS) is 38.5. The smallest absolute Gasteiger partial charge is 0.0484 e. The van der Waals surface area contributed by atoms with Crippen molar-refractivity contribution in [2.45, 2.75) is 40.0 Å². The third-order valence-electron chi connectivity index (χ3n) is 3.20. The zero-order valence-electron chi connectivity index (χ0n) is 7.93. The van der Waals surface area contributed by atoms with Gasteiger partial charge in [0.15, 0.2) is 0 Å². The second-order valence-electron chi connectivity index (χ2n) is 4.72. The van der Waals surface area contributed by atoms with E-state index in [-0.39, 0.29) is 5.41 Å². The van der Waals surface area contributed by atoms with Crippen molar-refractivity contribution in [1.29, 1.82) is 0 Å². The highest BCUT2D eigenvalue weighted by molar-refractivity contribution is 4.86. The maximum atomic E-state index is 9.12. The van der Waals surface area contributed by atoms with Crippen LogP contribution in [-0.4, -0.2) is 11.7 Å². The molecule has 0 heterocycles. The third kappa shape index (κ3) is 1.96. The Labute approximate surface area is 69.8 Å². The van der Waals surface area contributed by atoms with E-state index in [2.05, 4.69) is 20.8 Å². The highest BCUT2D eigenvalue weighted by Crippen LogP contribution is 2.43. The summed E-state index contributed by atoms with van der Waals surface area (Å²) in [5.74, 6) is 1.65. The molecule has 1 aliphatic rings. The van der Waals surface area contributed by atoms with Crippen LogP contribution in [0.25, 0.3) is 0 Å². The number of aliphatic hydroxyl groups is 1. The third-order valence-corrected chi connectivity index (χ3v) is 3.20. The standard InChI is InChI=1S/C10H20O/c1-8(2)9-4-5-10(3,6-9)7-11/h8-9,11H,4-7H2,1-3H3. The van der Waals surface area contributed by atoms with E-state index in [4.69, 9.17) is 5.11 Å². The molecule has 0 aromatic rings. The van der Waals surface area contributed by atoms with Gasteiger partial charge >= 0.3 is 0 Å². The summed E-state index contributed by atoms with van der Waals surface area (Å²) >= 11 is 0. The van der Waals surface area contributed by atoms with Crippen molar-refractivity contribution in [3.8, 4) is 0 Å². The second-order valence-corrected chi connectivity index (χ2v) is 4.72. The quantitative estimate of drug-likeness (QED) is 0.651. The second kappa shape index (κ2) is 3.14. The molecule has 0 aliphatic heterocycles. The lowest BCUT2D eigenvalue weighted by Crippen LogP contribution is -2.17. The van der Waals surface area contributed by atoms with E-state index in [0.29, 0.717) is 6.61 Å². The molecule has 1 aliphatic carbocycles. The molecule has 2 unspecified atom stereocenters. The van der Waals surface area contributed by atoms with E-state index >= 15 is 0 Å². The van der Waals surface area contributed by atoms with E-state index in [0.717, 1.165) is 11.8 Å². The van der Waals surface area contributed by atoms with Gasteiger partial charge in [-0.1, -0.05) is 20.8 Å². The monoisotopic (exact) mass is 156 g/mol. The van der Waals surface area contributed by atoms with Crippen LogP contribution in [0, 0.1) is 17.3 Å². The average Bonchev–Trinajstić information content (AvgIpc) is 2.33. The number of aliphatic hydroxyl groups excluding tert-OH is 1. The van der Waals surface area contributed by atoms with Crippen molar-refractivity contribution >= 4 is 0 Å². The van der Waals surface area contributed by atoms with Gasteiger partial charge in [0.05, 0.1) is 0 Å². The SMILES string of the molecule is CC(C)C1CCC(C)(CO)C1. The van der Waals surface area contributed by atoms with Gasteiger partial charge in [-0.15, -0.1) is 0 Å². The summed E-state index contributed by atoms with van der Waals surface area (Å²) in [5.41, 5.74) is 0.245. The van der Waals surface area contributed by atoms with Crippen LogP contribution in [0.4, 0.5) is 0 Å². The van der Waals surface area contributed by atoms with E-state index < -0.39 is 0 Å². The van der Waals surface area contributed by atoms with Crippen LogP contribution < -0.4 is 0 Å². The molecule has 1 nitrogen and oxygen atoms in total. The van der Waals surface area contributed by atoms with Crippen LogP contribution in [0.3, 0.4) is 0 Å². The predicted molar refractivity (Wildman–Crippen MR) is 47.4 cm³/mol. The lowest BCUT2D eigenvalue weighted by Gasteiger charge is -2.21. The fourth-order valence-electron chi connectivity index (χ4n) is 2.08. The molecule has 2 atom stereocenters. The van der Waals surface area contributed by atoms with E-state index in [1.807, 2.05) is 0 Å². The van der Waals surface area contributed by atoms with Crippen LogP contribution in [0.2, 0.25) is 0 Å². The summed E-state index contributed by atoms with van der Waals surface area (Å²) in [4.78, 5) is 0. The first kappa shape index (κ1) is 9.05. The Bertz CT molecular complexity index is 131. The Morgan fingerprint density at radius 2 is 2.18 bits per heavy atom. The van der Waals surface area contributed by atoms with Crippen molar-refractivity contribution in [2.24, 2.45) is 17.3 Å². The van der Waals surface area contributed by atoms with E-state index in [1.165, 1.54) is 19.3 Å². The summed E-state index contributed by atoms with van der Waals surface area (Å²) in [6.07, 6.45) is 3.75. The van der Waals surface area contributed by atoms with E-state index in [1.54, 1.807) is 0 Å². The lowest BCUT2D eigenvalue weighted by atomic mass is 9.86. The van der Waals surface area contributed by atoms with Crippen LogP contribution in [0.15, 0.2) is 0 Å². The molecule has 1 saturated carbocycles. The fraction of sp³-hybridized carbons (Fsp3) is 1.00. The van der Waals surface area contributed by atoms with Gasteiger partial charge in [-0.05, 0) is 36.5 Å². The van der Waals surface area contributed by atoms with Crippen molar-refractivity contribution < 1.29 is 5.11 Å². The molecule has 0 spiro atoms. The minimum Gasteiger partial charge on any atom is -0.396 e. The van der Waals surface area contributed by atoms with Crippen LogP contribution >= 0.6 is 0 Å². The van der Waals surface area contributed by atoms with Crippen molar-refractivity contribution in [2.75, 3.05) is 6.61 Å². The highest BCUT2D eigenvalue weighted by atomic mass is 16.3. The Morgan fingerprint density at radius 1 is 1.55 bits per heavy atom. The molecule has 1 heteroatoms. The van der Waals surface area contributed by atoms with Crippen LogP contribution in [0.1, 0.15) is 40.0 Å². The van der Waals surface area contributed by atoms with Crippen LogP contribution in [0.5, 0.6) is 0 Å². The zero-order valence-corrected chi connectivity index (χ0v) is 7.93. The topological polar surface area (TPSA) is 20.2 Å². The van der Waals surface area contributed by atoms with Crippen molar-refractivity contribution in [3.05, 3.63) is 0 Å². The summed E-state index contributed by atoms with van der Waals surface area (Å²) in [7, 11) is 0. The summed E-state index contributed by atoms with van der Waals surface area (Å²) in [6, 6.07) is 0. The Balaban J connectivity index is 2.46. The van der Waals surface area contributed by atoms with Gasteiger partial charge in [-0.25, -0.2) is 0 Å². The molecule has 0 aromatic carbocycles. The highest BCUT2D eigenvalue weighted by Gasteiger charge is 2.35. The predicted octanol–water partition coefficient (Wildman–Crippen LogP) is 2.44. The molecule has 0 bridgehead atoms. The maximum absolute atomic E-state index is 9.12. The Hall–Kier alpha value is -0.0400. The first-order chi connectivity index (χ1) is 5.07. The van der Waals surface area contributed by atoms with Crippen molar-refractivity contribution in [1.82, 2.24) is 0 Å². The molecule has 0 saturated heterocycles. The Morgan fingerprint density at radius 3 is 2.45 bits per heavy atom. The largest absolute Gasteiger partial charge is 0.396 e. The van der Waals surface area contributed by atoms with Gasteiger partial charge in [-0.3, -0.25) is 0 Å². The lowest BCUT2D eigenvalue weighted by molar-refractivity contribution is 0.140. The fourth-order valence-corrected chi connectivity index (χ4v) is 2.08.